The van der Waals surface area contributed by atoms with Crippen molar-refractivity contribution in [3.63, 3.8) is 0 Å². The molecule has 0 aliphatic heterocycles. The molecule has 0 spiro atoms. The third-order valence-electron chi connectivity index (χ3n) is 6.58. The Labute approximate surface area is 313 Å². The van der Waals surface area contributed by atoms with Crippen molar-refractivity contribution < 1.29 is 62.3 Å². The zero-order valence-corrected chi connectivity index (χ0v) is 30.7. The maximum Gasteiger partial charge on any atom is 0.327 e. The highest BCUT2D eigenvalue weighted by Gasteiger charge is 2.26. The summed E-state index contributed by atoms with van der Waals surface area (Å²) in [6.07, 6.45) is 6.27. The van der Waals surface area contributed by atoms with Gasteiger partial charge in [-0.3, -0.25) is 24.0 Å². The number of ether oxygens (including phenoxy) is 6. The molecule has 18 heteroatoms. The Hall–Kier alpha value is -4.35. The number of thioether (sulfide) groups is 1. The van der Waals surface area contributed by atoms with E-state index in [1.807, 2.05) is 0 Å². The SMILES string of the molecule is C#CCOCCOCCOCCNC(=O)c1cc(C(=O)CC(SC[C@H](NC(C)=O)C(=O)O)C(N)=O)cc(C(=O)NCCOCCOCCOCC=C)c1. The molecule has 2 atom stereocenters. The molecule has 294 valence electrons. The van der Waals surface area contributed by atoms with Crippen LogP contribution in [0, 0.1) is 12.3 Å². The number of hydrogen-bond donors (Lipinski definition) is 5. The third-order valence-corrected chi connectivity index (χ3v) is 7.91. The van der Waals surface area contributed by atoms with Gasteiger partial charge in [0.1, 0.15) is 12.6 Å². The number of ketones is 1. The van der Waals surface area contributed by atoms with Gasteiger partial charge >= 0.3 is 5.97 Å². The summed E-state index contributed by atoms with van der Waals surface area (Å²) in [5.74, 6) is -2.55. The number of carboxylic acid groups (broad SMARTS) is 1. The quantitative estimate of drug-likeness (QED) is 0.0277. The van der Waals surface area contributed by atoms with E-state index < -0.39 is 53.1 Å². The van der Waals surface area contributed by atoms with Crippen molar-refractivity contribution in [1.82, 2.24) is 16.0 Å². The summed E-state index contributed by atoms with van der Waals surface area (Å²) >= 11 is 0.783. The number of carboxylic acids is 1. The number of carbonyl (C=O) groups is 6. The molecule has 1 unspecified atom stereocenters. The van der Waals surface area contributed by atoms with Crippen LogP contribution in [0.15, 0.2) is 30.9 Å². The lowest BCUT2D eigenvalue weighted by Gasteiger charge is -2.17. The average molecular weight is 767 g/mol. The van der Waals surface area contributed by atoms with Crippen LogP contribution in [0.5, 0.6) is 0 Å². The molecule has 53 heavy (non-hydrogen) atoms. The molecule has 4 amide bonds. The van der Waals surface area contributed by atoms with Crippen LogP contribution in [0.3, 0.4) is 0 Å². The molecule has 1 aromatic rings. The Balaban J connectivity index is 2.89. The number of Topliss-reactive ketones (excluding diaryl/α,β-unsaturated/α-hetero) is 1. The smallest absolute Gasteiger partial charge is 0.327 e. The maximum atomic E-state index is 13.4. The predicted molar refractivity (Wildman–Crippen MR) is 195 cm³/mol. The highest BCUT2D eigenvalue weighted by molar-refractivity contribution is 8.00. The average Bonchev–Trinajstić information content (AvgIpc) is 3.13. The Morgan fingerprint density at radius 1 is 0.811 bits per heavy atom. The van der Waals surface area contributed by atoms with E-state index in [2.05, 4.69) is 28.4 Å². The number of primary amides is 1. The molecular formula is C35H50N4O13S. The van der Waals surface area contributed by atoms with Crippen LogP contribution in [-0.4, -0.2) is 150 Å². The van der Waals surface area contributed by atoms with E-state index in [-0.39, 0.29) is 68.6 Å². The lowest BCUT2D eigenvalue weighted by molar-refractivity contribution is -0.140. The summed E-state index contributed by atoms with van der Waals surface area (Å²) in [5.41, 5.74) is 5.43. The zero-order chi connectivity index (χ0) is 39.3. The van der Waals surface area contributed by atoms with Crippen LogP contribution >= 0.6 is 11.8 Å². The molecule has 0 saturated carbocycles. The highest BCUT2D eigenvalue weighted by Crippen LogP contribution is 2.21. The van der Waals surface area contributed by atoms with Crippen LogP contribution in [0.2, 0.25) is 0 Å². The van der Waals surface area contributed by atoms with Crippen molar-refractivity contribution in [1.29, 1.82) is 0 Å². The van der Waals surface area contributed by atoms with Crippen molar-refractivity contribution in [2.24, 2.45) is 5.73 Å². The topological polar surface area (TPSA) is 240 Å². The van der Waals surface area contributed by atoms with Gasteiger partial charge in [0.05, 0.1) is 77.9 Å². The fourth-order valence-corrected chi connectivity index (χ4v) is 5.15. The van der Waals surface area contributed by atoms with E-state index >= 15 is 0 Å². The number of rotatable bonds is 32. The molecule has 0 heterocycles. The second kappa shape index (κ2) is 29.1. The van der Waals surface area contributed by atoms with Crippen molar-refractivity contribution in [2.45, 2.75) is 24.6 Å². The van der Waals surface area contributed by atoms with Crippen molar-refractivity contribution >= 4 is 47.1 Å². The molecule has 6 N–H and O–H groups in total. The Morgan fingerprint density at radius 2 is 1.28 bits per heavy atom. The van der Waals surface area contributed by atoms with Crippen LogP contribution in [0.1, 0.15) is 44.4 Å². The van der Waals surface area contributed by atoms with Gasteiger partial charge in [0.2, 0.25) is 11.8 Å². The number of nitrogens with two attached hydrogens (primary N) is 1. The van der Waals surface area contributed by atoms with Gasteiger partial charge in [-0.05, 0) is 18.2 Å². The molecule has 0 fully saturated rings. The van der Waals surface area contributed by atoms with Gasteiger partial charge < -0.3 is 55.2 Å². The third kappa shape index (κ3) is 22.4. The fourth-order valence-electron chi connectivity index (χ4n) is 4.07. The number of carbonyl (C=O) groups excluding carboxylic acids is 5. The first-order valence-electron chi connectivity index (χ1n) is 16.7. The summed E-state index contributed by atoms with van der Waals surface area (Å²) < 4.78 is 32.0. The monoisotopic (exact) mass is 766 g/mol. The first-order chi connectivity index (χ1) is 25.5. The summed E-state index contributed by atoms with van der Waals surface area (Å²) in [7, 11) is 0. The van der Waals surface area contributed by atoms with Gasteiger partial charge in [-0.25, -0.2) is 4.79 Å². The number of hydrogen-bond acceptors (Lipinski definition) is 13. The minimum absolute atomic E-state index is 0.0108. The minimum atomic E-state index is -1.33. The summed E-state index contributed by atoms with van der Waals surface area (Å²) in [6, 6.07) is 2.54. The molecule has 0 radical (unpaired) electrons. The highest BCUT2D eigenvalue weighted by atomic mass is 32.2. The summed E-state index contributed by atoms with van der Waals surface area (Å²) in [6.45, 7) is 8.54. The standard InChI is InChI=1S/C35H50N4O13S/c1-4-8-47-12-16-51-18-14-49-10-6-37-33(43)27-20-26(30(41)23-31(32(36)42)53-24-29(35(45)46)39-25(3)40)21-28(22-27)34(44)38-7-11-50-15-19-52-17-13-48-9-5-2/h1,5,20-22,29,31H,2,6-19,23-24H2,3H3,(H2,36,42)(H,37,43)(H,38,44)(H,39,40)(H,45,46)/t29-,31?/m0/s1. The molecule has 1 rings (SSSR count). The number of nitrogens with one attached hydrogen (secondary N) is 3. The number of aliphatic carboxylic acids is 1. The first kappa shape index (κ1) is 46.7. The fraction of sp³-hybridized carbons (Fsp3) is 0.543. The molecule has 0 aliphatic rings. The van der Waals surface area contributed by atoms with E-state index in [0.29, 0.717) is 46.2 Å². The van der Waals surface area contributed by atoms with E-state index in [0.717, 1.165) is 18.7 Å². The van der Waals surface area contributed by atoms with Gasteiger partial charge in [0, 0.05) is 48.9 Å². The first-order valence-corrected chi connectivity index (χ1v) is 17.7. The molecule has 17 nitrogen and oxygen atoms in total. The predicted octanol–water partition coefficient (Wildman–Crippen LogP) is -0.186. The second-order valence-electron chi connectivity index (χ2n) is 10.8. The van der Waals surface area contributed by atoms with Crippen LogP contribution in [0.25, 0.3) is 0 Å². The summed E-state index contributed by atoms with van der Waals surface area (Å²) in [4.78, 5) is 74.7. The van der Waals surface area contributed by atoms with Crippen LogP contribution in [-0.2, 0) is 42.8 Å². The lowest BCUT2D eigenvalue weighted by atomic mass is 9.99. The molecule has 0 aliphatic carbocycles. The Kier molecular flexibility index (Phi) is 25.7. The number of amides is 4. The van der Waals surface area contributed by atoms with Gasteiger partial charge in [0.15, 0.2) is 5.78 Å². The van der Waals surface area contributed by atoms with E-state index in [9.17, 15) is 33.9 Å². The van der Waals surface area contributed by atoms with E-state index in [1.54, 1.807) is 6.08 Å². The molecule has 0 saturated heterocycles. The lowest BCUT2D eigenvalue weighted by Crippen LogP contribution is -2.42. The number of benzene rings is 1. The largest absolute Gasteiger partial charge is 0.480 e. The Morgan fingerprint density at radius 3 is 1.74 bits per heavy atom. The normalized spacial score (nSPS) is 11.8. The zero-order valence-electron chi connectivity index (χ0n) is 29.9. The van der Waals surface area contributed by atoms with Gasteiger partial charge in [-0.15, -0.1) is 24.8 Å². The van der Waals surface area contributed by atoms with Crippen LogP contribution < -0.4 is 21.7 Å². The van der Waals surface area contributed by atoms with Crippen molar-refractivity contribution in [2.75, 3.05) is 98.1 Å². The maximum absolute atomic E-state index is 13.4. The van der Waals surface area contributed by atoms with Crippen molar-refractivity contribution in [3.8, 4) is 12.3 Å². The van der Waals surface area contributed by atoms with Gasteiger partial charge in [-0.1, -0.05) is 12.0 Å². The molecule has 0 bridgehead atoms. The minimum Gasteiger partial charge on any atom is -0.480 e. The van der Waals surface area contributed by atoms with Crippen molar-refractivity contribution in [3.05, 3.63) is 47.5 Å². The van der Waals surface area contributed by atoms with Gasteiger partial charge in [0.25, 0.3) is 11.8 Å². The molecule has 0 aromatic heterocycles. The van der Waals surface area contributed by atoms with Gasteiger partial charge in [-0.2, -0.15) is 0 Å². The molecular weight excluding hydrogens is 716 g/mol. The van der Waals surface area contributed by atoms with E-state index in [1.165, 1.54) is 18.2 Å². The van der Waals surface area contributed by atoms with Crippen LogP contribution in [0.4, 0.5) is 0 Å². The second-order valence-corrected chi connectivity index (χ2v) is 12.1. The van der Waals surface area contributed by atoms with E-state index in [4.69, 9.17) is 40.6 Å². The number of terminal acetylenes is 1. The Bertz CT molecular complexity index is 1370. The molecule has 1 aromatic carbocycles. The summed E-state index contributed by atoms with van der Waals surface area (Å²) in [5, 5.41) is 15.8.